The van der Waals surface area contributed by atoms with Crippen LogP contribution in [0.1, 0.15) is 46.0 Å². The number of carbonyl (C=O) groups is 1. The van der Waals surface area contributed by atoms with Crippen LogP contribution in [0.15, 0.2) is 4.99 Å². The van der Waals surface area contributed by atoms with Crippen LogP contribution in [0.4, 0.5) is 0 Å². The zero-order valence-electron chi connectivity index (χ0n) is 13.6. The van der Waals surface area contributed by atoms with Crippen molar-refractivity contribution in [3.63, 3.8) is 0 Å². The summed E-state index contributed by atoms with van der Waals surface area (Å²) >= 11 is 0. The average molecular weight is 411 g/mol. The molecule has 6 heteroatoms. The van der Waals surface area contributed by atoms with Crippen molar-refractivity contribution in [2.75, 3.05) is 33.3 Å². The van der Waals surface area contributed by atoms with E-state index in [9.17, 15) is 4.79 Å². The van der Waals surface area contributed by atoms with Gasteiger partial charge in [0.05, 0.1) is 12.5 Å². The zero-order chi connectivity index (χ0) is 14.8. The first kappa shape index (κ1) is 20.5. The summed E-state index contributed by atoms with van der Waals surface area (Å²) in [5, 5.41) is 3.39. The minimum Gasteiger partial charge on any atom is -0.466 e. The van der Waals surface area contributed by atoms with Gasteiger partial charge >= 0.3 is 5.97 Å². The van der Waals surface area contributed by atoms with Crippen LogP contribution in [0.3, 0.4) is 0 Å². The van der Waals surface area contributed by atoms with E-state index in [-0.39, 0.29) is 35.9 Å². The van der Waals surface area contributed by atoms with Gasteiger partial charge in [-0.05, 0) is 26.2 Å². The molecule has 0 aromatic rings. The van der Waals surface area contributed by atoms with Gasteiger partial charge in [0.1, 0.15) is 0 Å². The molecule has 0 aromatic heterocycles. The molecule has 0 aliphatic carbocycles. The van der Waals surface area contributed by atoms with Crippen molar-refractivity contribution in [2.24, 2.45) is 10.9 Å². The quantitative estimate of drug-likeness (QED) is 0.240. The number of rotatable bonds is 6. The molecule has 21 heavy (non-hydrogen) atoms. The maximum atomic E-state index is 11.8. The molecule has 1 rings (SSSR count). The number of piperidine rings is 1. The highest BCUT2D eigenvalue weighted by Crippen LogP contribution is 2.18. The molecule has 1 unspecified atom stereocenters. The van der Waals surface area contributed by atoms with Crippen LogP contribution in [-0.4, -0.2) is 50.1 Å². The lowest BCUT2D eigenvalue weighted by molar-refractivity contribution is -0.149. The third kappa shape index (κ3) is 7.33. The SMILES string of the molecule is CCCCCNC(=NC)N1CCCC(C(=O)OCC)C1.I. The van der Waals surface area contributed by atoms with Gasteiger partial charge < -0.3 is 15.0 Å². The van der Waals surface area contributed by atoms with Crippen LogP contribution < -0.4 is 5.32 Å². The van der Waals surface area contributed by atoms with Gasteiger partial charge in [-0.15, -0.1) is 24.0 Å². The van der Waals surface area contributed by atoms with E-state index in [2.05, 4.69) is 22.1 Å². The third-order valence-electron chi connectivity index (χ3n) is 3.62. The number of unbranched alkanes of at least 4 members (excludes halogenated alkanes) is 2. The summed E-state index contributed by atoms with van der Waals surface area (Å²) in [5.41, 5.74) is 0. The highest BCUT2D eigenvalue weighted by molar-refractivity contribution is 14.0. The Kier molecular flexibility index (Phi) is 11.8. The highest BCUT2D eigenvalue weighted by atomic mass is 127. The molecule has 0 saturated carbocycles. The molecular formula is C15H30IN3O2. The molecule has 1 fully saturated rings. The predicted octanol–water partition coefficient (Wildman–Crippen LogP) is 2.65. The molecule has 1 heterocycles. The van der Waals surface area contributed by atoms with E-state index >= 15 is 0 Å². The molecule has 1 aliphatic heterocycles. The molecular weight excluding hydrogens is 381 g/mol. The number of carbonyl (C=O) groups excluding carboxylic acids is 1. The second-order valence-corrected chi connectivity index (χ2v) is 5.22. The summed E-state index contributed by atoms with van der Waals surface area (Å²) < 4.78 is 5.13. The van der Waals surface area contributed by atoms with Gasteiger partial charge in [0.2, 0.25) is 0 Å². The standard InChI is InChI=1S/C15H29N3O2.HI/c1-4-6-7-10-17-15(16-3)18-11-8-9-13(12-18)14(19)20-5-2;/h13H,4-12H2,1-3H3,(H,16,17);1H. The van der Waals surface area contributed by atoms with E-state index in [1.165, 1.54) is 12.8 Å². The molecule has 1 N–H and O–H groups in total. The monoisotopic (exact) mass is 411 g/mol. The van der Waals surface area contributed by atoms with E-state index in [1.54, 1.807) is 7.05 Å². The molecule has 1 atom stereocenters. The fourth-order valence-electron chi connectivity index (χ4n) is 2.53. The average Bonchev–Trinajstić information content (AvgIpc) is 2.48. The lowest BCUT2D eigenvalue weighted by Crippen LogP contribution is -2.48. The summed E-state index contributed by atoms with van der Waals surface area (Å²) in [5.74, 6) is 0.826. The molecule has 1 saturated heterocycles. The van der Waals surface area contributed by atoms with Gasteiger partial charge in [-0.2, -0.15) is 0 Å². The summed E-state index contributed by atoms with van der Waals surface area (Å²) in [7, 11) is 1.80. The normalized spacial score (nSPS) is 18.9. The minimum absolute atomic E-state index is 0. The van der Waals surface area contributed by atoms with Gasteiger partial charge in [0, 0.05) is 26.7 Å². The van der Waals surface area contributed by atoms with Gasteiger partial charge in [-0.1, -0.05) is 19.8 Å². The van der Waals surface area contributed by atoms with Crippen molar-refractivity contribution >= 4 is 35.9 Å². The Labute approximate surface area is 145 Å². The Hall–Kier alpha value is -0.530. The first-order valence-corrected chi connectivity index (χ1v) is 7.85. The maximum Gasteiger partial charge on any atom is 0.310 e. The van der Waals surface area contributed by atoms with Crippen LogP contribution in [0.5, 0.6) is 0 Å². The van der Waals surface area contributed by atoms with Crippen LogP contribution in [0.2, 0.25) is 0 Å². The first-order chi connectivity index (χ1) is 9.72. The largest absolute Gasteiger partial charge is 0.466 e. The smallest absolute Gasteiger partial charge is 0.310 e. The Bertz CT molecular complexity index is 324. The van der Waals surface area contributed by atoms with Crippen molar-refractivity contribution < 1.29 is 9.53 Å². The highest BCUT2D eigenvalue weighted by Gasteiger charge is 2.28. The number of ether oxygens (including phenoxy) is 1. The zero-order valence-corrected chi connectivity index (χ0v) is 15.9. The molecule has 0 bridgehead atoms. The number of nitrogens with one attached hydrogen (secondary N) is 1. The van der Waals surface area contributed by atoms with Gasteiger partial charge in [-0.25, -0.2) is 0 Å². The molecule has 5 nitrogen and oxygen atoms in total. The fourth-order valence-corrected chi connectivity index (χ4v) is 2.53. The number of esters is 1. The fraction of sp³-hybridized carbons (Fsp3) is 0.867. The van der Waals surface area contributed by atoms with Crippen LogP contribution in [0, 0.1) is 5.92 Å². The van der Waals surface area contributed by atoms with Crippen LogP contribution in [0.25, 0.3) is 0 Å². The topological polar surface area (TPSA) is 53.9 Å². The van der Waals surface area contributed by atoms with Gasteiger partial charge in [0.15, 0.2) is 5.96 Å². The number of nitrogens with zero attached hydrogens (tertiary/aromatic N) is 2. The Balaban J connectivity index is 0.00000400. The van der Waals surface area contributed by atoms with E-state index in [4.69, 9.17) is 4.74 Å². The second-order valence-electron chi connectivity index (χ2n) is 5.22. The summed E-state index contributed by atoms with van der Waals surface area (Å²) in [4.78, 5) is 18.4. The van der Waals surface area contributed by atoms with E-state index in [0.717, 1.165) is 38.3 Å². The maximum absolute atomic E-state index is 11.8. The molecule has 1 aliphatic rings. The summed E-state index contributed by atoms with van der Waals surface area (Å²) in [6, 6.07) is 0. The number of hydrogen-bond donors (Lipinski definition) is 1. The Morgan fingerprint density at radius 2 is 2.14 bits per heavy atom. The summed E-state index contributed by atoms with van der Waals surface area (Å²) in [6.07, 6.45) is 5.54. The van der Waals surface area contributed by atoms with Crippen LogP contribution in [-0.2, 0) is 9.53 Å². The molecule has 0 radical (unpaired) electrons. The number of hydrogen-bond acceptors (Lipinski definition) is 3. The van der Waals surface area contributed by atoms with Crippen molar-refractivity contribution in [1.82, 2.24) is 10.2 Å². The van der Waals surface area contributed by atoms with Crippen LogP contribution >= 0.6 is 24.0 Å². The molecule has 0 aromatic carbocycles. The number of halogens is 1. The molecule has 0 spiro atoms. The first-order valence-electron chi connectivity index (χ1n) is 7.85. The summed E-state index contributed by atoms with van der Waals surface area (Å²) in [6.45, 7) is 7.13. The van der Waals surface area contributed by atoms with Gasteiger partial charge in [-0.3, -0.25) is 9.79 Å². The van der Waals surface area contributed by atoms with Crippen molar-refractivity contribution in [1.29, 1.82) is 0 Å². The number of aliphatic imine (C=N–C) groups is 1. The third-order valence-corrected chi connectivity index (χ3v) is 3.62. The van der Waals surface area contributed by atoms with Crippen molar-refractivity contribution in [3.8, 4) is 0 Å². The Morgan fingerprint density at radius 1 is 1.38 bits per heavy atom. The van der Waals surface area contributed by atoms with Crippen molar-refractivity contribution in [2.45, 2.75) is 46.0 Å². The predicted molar refractivity (Wildman–Crippen MR) is 97.2 cm³/mol. The minimum atomic E-state index is -0.0707. The van der Waals surface area contributed by atoms with Crippen molar-refractivity contribution in [3.05, 3.63) is 0 Å². The molecule has 0 amide bonds. The number of likely N-dealkylation sites (tertiary alicyclic amines) is 1. The number of guanidine groups is 1. The van der Waals surface area contributed by atoms with E-state index in [1.807, 2.05) is 6.92 Å². The van der Waals surface area contributed by atoms with E-state index in [0.29, 0.717) is 13.2 Å². The lowest BCUT2D eigenvalue weighted by atomic mass is 9.98. The van der Waals surface area contributed by atoms with Gasteiger partial charge in [0.25, 0.3) is 0 Å². The second kappa shape index (κ2) is 12.1. The Morgan fingerprint density at radius 3 is 2.76 bits per heavy atom. The van der Waals surface area contributed by atoms with E-state index < -0.39 is 0 Å². The molecule has 124 valence electrons. The lowest BCUT2D eigenvalue weighted by Gasteiger charge is -2.33.